The summed E-state index contributed by atoms with van der Waals surface area (Å²) in [4.78, 5) is 0. The molecule has 0 saturated heterocycles. The van der Waals surface area contributed by atoms with E-state index in [9.17, 15) is 0 Å². The third kappa shape index (κ3) is 9.51. The Hall–Kier alpha value is 1.60. The third-order valence-corrected chi connectivity index (χ3v) is 0. The van der Waals surface area contributed by atoms with Crippen molar-refractivity contribution in [2.24, 2.45) is 0 Å². The first kappa shape index (κ1) is 17.5. The molecule has 0 unspecified atom stereocenters. The van der Waals surface area contributed by atoms with E-state index in [1.54, 1.807) is 0 Å². The molecule has 0 rings (SSSR count). The van der Waals surface area contributed by atoms with Gasteiger partial charge in [0.2, 0.25) is 0 Å². The van der Waals surface area contributed by atoms with Crippen LogP contribution in [-0.2, 0) is 0 Å². The van der Waals surface area contributed by atoms with Crippen LogP contribution in [0.2, 0.25) is 0 Å². The van der Waals surface area contributed by atoms with Gasteiger partial charge < -0.3 is 12.5 Å². The van der Waals surface area contributed by atoms with Crippen LogP contribution in [-0.4, -0.2) is 7.11 Å². The SMILES string of the molecule is C[O-].[CH3-].[K+]. The summed E-state index contributed by atoms with van der Waals surface area (Å²) in [5.41, 5.74) is 0. The fourth-order valence-corrected chi connectivity index (χ4v) is 0. The normalized spacial score (nSPS) is 1.50. The second-order valence-corrected chi connectivity index (χ2v) is 0. The Morgan fingerprint density at radius 3 is 1.25 bits per heavy atom. The molecule has 0 saturated carbocycles. The second-order valence-electron chi connectivity index (χ2n) is 0. The second kappa shape index (κ2) is 23.3. The van der Waals surface area contributed by atoms with Crippen LogP contribution in [0.4, 0.5) is 0 Å². The zero-order valence-electron chi connectivity index (χ0n) is 3.41. The summed E-state index contributed by atoms with van der Waals surface area (Å²) in [5, 5.41) is 8.25. The average molecular weight is 85.2 g/mol. The maximum Gasteiger partial charge on any atom is 1.00 e. The molecule has 0 amide bonds. The minimum atomic E-state index is 0. The predicted octanol–water partition coefficient (Wildman–Crippen LogP) is -3.57. The average Bonchev–Trinajstić information content (AvgIpc) is 1.00. The van der Waals surface area contributed by atoms with Crippen molar-refractivity contribution in [3.8, 4) is 0 Å². The van der Waals surface area contributed by atoms with Gasteiger partial charge in [-0.25, -0.2) is 0 Å². The largest absolute Gasteiger partial charge is 1.00 e. The van der Waals surface area contributed by atoms with Crippen molar-refractivity contribution in [1.82, 2.24) is 0 Å². The van der Waals surface area contributed by atoms with Crippen molar-refractivity contribution in [3.05, 3.63) is 7.43 Å². The molecule has 0 bridgehead atoms. The molecule has 0 radical (unpaired) electrons. The van der Waals surface area contributed by atoms with Crippen LogP contribution in [0.15, 0.2) is 0 Å². The van der Waals surface area contributed by atoms with Crippen molar-refractivity contribution in [2.45, 2.75) is 0 Å². The number of hydrogen-bond acceptors (Lipinski definition) is 1. The first-order valence-electron chi connectivity index (χ1n) is 0.408. The van der Waals surface area contributed by atoms with Gasteiger partial charge in [-0.2, -0.15) is 7.11 Å². The Bertz CT molecular complexity index is 6.00. The van der Waals surface area contributed by atoms with Crippen molar-refractivity contribution in [2.75, 3.05) is 7.11 Å². The van der Waals surface area contributed by atoms with E-state index in [4.69, 9.17) is 5.11 Å². The predicted molar refractivity (Wildman–Crippen MR) is 12.3 cm³/mol. The minimum Gasteiger partial charge on any atom is -0.857 e. The van der Waals surface area contributed by atoms with Crippen LogP contribution in [0.3, 0.4) is 0 Å². The van der Waals surface area contributed by atoms with E-state index in [0.29, 0.717) is 0 Å². The summed E-state index contributed by atoms with van der Waals surface area (Å²) in [6.07, 6.45) is 0. The van der Waals surface area contributed by atoms with Gasteiger partial charge in [0.05, 0.1) is 0 Å². The number of rotatable bonds is 0. The van der Waals surface area contributed by atoms with E-state index < -0.39 is 0 Å². The van der Waals surface area contributed by atoms with Gasteiger partial charge in [0.25, 0.3) is 0 Å². The summed E-state index contributed by atoms with van der Waals surface area (Å²) >= 11 is 0. The maximum absolute atomic E-state index is 8.25. The zero-order valence-corrected chi connectivity index (χ0v) is 6.53. The van der Waals surface area contributed by atoms with Gasteiger partial charge in [-0.15, -0.1) is 0 Å². The van der Waals surface area contributed by atoms with Gasteiger partial charge in [0.15, 0.2) is 0 Å². The zero-order chi connectivity index (χ0) is 2.00. The third-order valence-electron chi connectivity index (χ3n) is 0. The standard InChI is InChI=1S/CH3O.CH3.K/c1-2;;/h1H3;1H3;/q2*-1;+1. The molecule has 0 N–H and O–H groups in total. The molecule has 22 valence electrons. The van der Waals surface area contributed by atoms with E-state index in [1.807, 2.05) is 0 Å². The molecule has 0 aromatic rings. The first-order valence-corrected chi connectivity index (χ1v) is 0.408. The monoisotopic (exact) mass is 85.0 g/mol. The molecule has 0 aliphatic carbocycles. The molecule has 0 aromatic heterocycles. The molecule has 0 aliphatic heterocycles. The molecule has 0 spiro atoms. The Morgan fingerprint density at radius 1 is 1.25 bits per heavy atom. The Kier molecular flexibility index (Phi) is 102. The Morgan fingerprint density at radius 2 is 1.25 bits per heavy atom. The summed E-state index contributed by atoms with van der Waals surface area (Å²) in [6, 6.07) is 0. The number of hydrogen-bond donors (Lipinski definition) is 0. The molecule has 0 heterocycles. The minimum absolute atomic E-state index is 0. The maximum atomic E-state index is 8.25. The first-order chi connectivity index (χ1) is 1.00. The van der Waals surface area contributed by atoms with E-state index in [0.717, 1.165) is 7.11 Å². The Balaban J connectivity index is -0.00000000500. The van der Waals surface area contributed by atoms with E-state index >= 15 is 0 Å². The van der Waals surface area contributed by atoms with E-state index in [2.05, 4.69) is 0 Å². The molecule has 1 nitrogen and oxygen atoms in total. The Labute approximate surface area is 69.8 Å². The summed E-state index contributed by atoms with van der Waals surface area (Å²) in [5.74, 6) is 0. The summed E-state index contributed by atoms with van der Waals surface area (Å²) in [7, 11) is 0.750. The summed E-state index contributed by atoms with van der Waals surface area (Å²) < 4.78 is 0. The van der Waals surface area contributed by atoms with Crippen LogP contribution >= 0.6 is 0 Å². The van der Waals surface area contributed by atoms with Gasteiger partial charge >= 0.3 is 51.4 Å². The fourth-order valence-electron chi connectivity index (χ4n) is 0. The molecule has 0 aromatic carbocycles. The molecule has 2 heteroatoms. The van der Waals surface area contributed by atoms with Crippen molar-refractivity contribution < 1.29 is 56.5 Å². The van der Waals surface area contributed by atoms with Crippen LogP contribution in [0.25, 0.3) is 0 Å². The van der Waals surface area contributed by atoms with Crippen LogP contribution < -0.4 is 56.5 Å². The smallest absolute Gasteiger partial charge is 0.857 e. The quantitative estimate of drug-likeness (QED) is 0.220. The van der Waals surface area contributed by atoms with Crippen LogP contribution in [0, 0.1) is 7.43 Å². The molecule has 0 atom stereocenters. The molecular formula is C2H6KO-. The molecule has 0 aliphatic rings. The molecule has 4 heavy (non-hydrogen) atoms. The summed E-state index contributed by atoms with van der Waals surface area (Å²) in [6.45, 7) is 0. The topological polar surface area (TPSA) is 23.1 Å². The van der Waals surface area contributed by atoms with Crippen molar-refractivity contribution >= 4 is 0 Å². The molecular weight excluding hydrogens is 79.1 g/mol. The van der Waals surface area contributed by atoms with Gasteiger partial charge in [0, 0.05) is 0 Å². The fraction of sp³-hybridized carbons (Fsp3) is 0.500. The van der Waals surface area contributed by atoms with Gasteiger partial charge in [-0.3, -0.25) is 0 Å². The van der Waals surface area contributed by atoms with Crippen molar-refractivity contribution in [1.29, 1.82) is 0 Å². The van der Waals surface area contributed by atoms with E-state index in [-0.39, 0.29) is 58.8 Å². The van der Waals surface area contributed by atoms with Gasteiger partial charge in [-0.05, 0) is 0 Å². The van der Waals surface area contributed by atoms with E-state index in [1.165, 1.54) is 0 Å². The van der Waals surface area contributed by atoms with Crippen LogP contribution in [0.5, 0.6) is 0 Å². The van der Waals surface area contributed by atoms with Crippen LogP contribution in [0.1, 0.15) is 0 Å². The van der Waals surface area contributed by atoms with Gasteiger partial charge in [-0.1, -0.05) is 0 Å². The molecule has 0 fully saturated rings. The van der Waals surface area contributed by atoms with Crippen molar-refractivity contribution in [3.63, 3.8) is 0 Å². The van der Waals surface area contributed by atoms with Gasteiger partial charge in [0.1, 0.15) is 0 Å².